The highest BCUT2D eigenvalue weighted by atomic mass is 35.5. The minimum atomic E-state index is -4.78. The van der Waals surface area contributed by atoms with Crippen molar-refractivity contribution in [1.29, 1.82) is 0 Å². The first-order valence-corrected chi connectivity index (χ1v) is 6.96. The summed E-state index contributed by atoms with van der Waals surface area (Å²) in [6.07, 6.45) is -2.56. The predicted octanol–water partition coefficient (Wildman–Crippen LogP) is 3.52. The molecular formula is C14H9ClF3N5O. The molecule has 0 spiro atoms. The van der Waals surface area contributed by atoms with Gasteiger partial charge in [-0.3, -0.25) is 9.89 Å². The van der Waals surface area contributed by atoms with E-state index in [1.807, 2.05) is 0 Å². The second kappa shape index (κ2) is 6.00. The number of hydrogen-bond acceptors (Lipinski definition) is 3. The van der Waals surface area contributed by atoms with Crippen LogP contribution >= 0.6 is 11.6 Å². The first-order chi connectivity index (χ1) is 11.4. The average Bonchev–Trinajstić information content (AvgIpc) is 3.16. The number of amides is 1. The number of hydrogen-bond donors (Lipinski definition) is 2. The van der Waals surface area contributed by atoms with Gasteiger partial charge in [-0.1, -0.05) is 11.6 Å². The number of carbonyl (C=O) groups excluding carboxylic acids is 1. The molecule has 24 heavy (non-hydrogen) atoms. The van der Waals surface area contributed by atoms with Crippen LogP contribution in [0.1, 0.15) is 16.1 Å². The smallest absolute Gasteiger partial charge is 0.307 e. The summed E-state index contributed by atoms with van der Waals surface area (Å²) in [5.74, 6) is -0.779. The normalized spacial score (nSPS) is 11.5. The van der Waals surface area contributed by atoms with Crippen LogP contribution in [0.15, 0.2) is 42.7 Å². The number of halogens is 4. The fourth-order valence-corrected chi connectivity index (χ4v) is 2.21. The number of alkyl halides is 3. The summed E-state index contributed by atoms with van der Waals surface area (Å²) in [6, 6.07) is 7.03. The van der Waals surface area contributed by atoms with E-state index in [0.29, 0.717) is 9.70 Å². The van der Waals surface area contributed by atoms with E-state index in [9.17, 15) is 18.0 Å². The Bertz CT molecular complexity index is 856. The lowest BCUT2D eigenvalue weighted by Crippen LogP contribution is -2.20. The topological polar surface area (TPSA) is 75.6 Å². The lowest BCUT2D eigenvalue weighted by atomic mass is 10.2. The maximum atomic E-state index is 13.5. The van der Waals surface area contributed by atoms with Crippen molar-refractivity contribution in [2.24, 2.45) is 0 Å². The van der Waals surface area contributed by atoms with Gasteiger partial charge >= 0.3 is 6.18 Å². The number of aromatic amines is 1. The lowest BCUT2D eigenvalue weighted by molar-refractivity contribution is -0.143. The van der Waals surface area contributed by atoms with Crippen molar-refractivity contribution < 1.29 is 18.0 Å². The number of anilines is 1. The molecule has 0 bridgehead atoms. The van der Waals surface area contributed by atoms with Crippen molar-refractivity contribution in [1.82, 2.24) is 20.0 Å². The van der Waals surface area contributed by atoms with Gasteiger partial charge in [0.15, 0.2) is 5.69 Å². The summed E-state index contributed by atoms with van der Waals surface area (Å²) in [6.45, 7) is 0. The van der Waals surface area contributed by atoms with E-state index in [4.69, 9.17) is 11.6 Å². The SMILES string of the molecule is O=C(Nc1ccn[nH]1)c1cnn(-c2ccc(Cl)cc2)c1C(F)(F)F. The molecule has 2 aromatic heterocycles. The molecule has 1 amide bonds. The molecule has 0 aliphatic rings. The van der Waals surface area contributed by atoms with Gasteiger partial charge in [0, 0.05) is 11.1 Å². The van der Waals surface area contributed by atoms with Gasteiger partial charge in [-0.05, 0) is 24.3 Å². The number of carbonyl (C=O) groups is 1. The Morgan fingerprint density at radius 1 is 1.21 bits per heavy atom. The molecule has 0 saturated carbocycles. The van der Waals surface area contributed by atoms with Crippen LogP contribution in [0.4, 0.5) is 19.0 Å². The first-order valence-electron chi connectivity index (χ1n) is 6.58. The highest BCUT2D eigenvalue weighted by Gasteiger charge is 2.40. The van der Waals surface area contributed by atoms with Gasteiger partial charge in [0.05, 0.1) is 23.6 Å². The second-order valence-electron chi connectivity index (χ2n) is 4.72. The van der Waals surface area contributed by atoms with E-state index in [2.05, 4.69) is 20.6 Å². The monoisotopic (exact) mass is 355 g/mol. The molecule has 0 saturated heterocycles. The molecule has 2 N–H and O–H groups in total. The van der Waals surface area contributed by atoms with Gasteiger partial charge < -0.3 is 5.32 Å². The zero-order chi connectivity index (χ0) is 17.3. The molecule has 0 atom stereocenters. The van der Waals surface area contributed by atoms with Crippen LogP contribution in [-0.2, 0) is 6.18 Å². The number of nitrogens with zero attached hydrogens (tertiary/aromatic N) is 3. The molecule has 0 radical (unpaired) electrons. The molecule has 3 rings (SSSR count). The van der Waals surface area contributed by atoms with Crippen LogP contribution in [0, 0.1) is 0 Å². The molecule has 10 heteroatoms. The highest BCUT2D eigenvalue weighted by molar-refractivity contribution is 6.30. The molecule has 2 heterocycles. The molecule has 0 fully saturated rings. The van der Waals surface area contributed by atoms with Crippen LogP contribution < -0.4 is 5.32 Å². The van der Waals surface area contributed by atoms with Crippen LogP contribution in [0.25, 0.3) is 5.69 Å². The first kappa shape index (κ1) is 16.1. The zero-order valence-electron chi connectivity index (χ0n) is 11.8. The van der Waals surface area contributed by atoms with E-state index in [1.165, 1.54) is 36.5 Å². The Labute approximate surface area is 138 Å². The standard InChI is InChI=1S/C14H9ClF3N5O/c15-8-1-3-9(4-2-8)23-12(14(16,17)18)10(7-20-23)13(24)21-11-5-6-19-22-11/h1-7H,(H2,19,21,22,24). The van der Waals surface area contributed by atoms with Crippen molar-refractivity contribution in [2.75, 3.05) is 5.32 Å². The number of rotatable bonds is 3. The fraction of sp³-hybridized carbons (Fsp3) is 0.0714. The van der Waals surface area contributed by atoms with Crippen molar-refractivity contribution >= 4 is 23.3 Å². The van der Waals surface area contributed by atoms with Gasteiger partial charge in [0.2, 0.25) is 0 Å². The molecule has 124 valence electrons. The molecule has 1 aromatic carbocycles. The molecule has 3 aromatic rings. The maximum absolute atomic E-state index is 13.5. The fourth-order valence-electron chi connectivity index (χ4n) is 2.08. The van der Waals surface area contributed by atoms with Gasteiger partial charge in [0.1, 0.15) is 5.82 Å². The van der Waals surface area contributed by atoms with Gasteiger partial charge in [-0.25, -0.2) is 4.68 Å². The van der Waals surface area contributed by atoms with E-state index in [0.717, 1.165) is 6.20 Å². The van der Waals surface area contributed by atoms with Crippen molar-refractivity contribution in [3.63, 3.8) is 0 Å². The van der Waals surface area contributed by atoms with Crippen LogP contribution in [0.2, 0.25) is 5.02 Å². The predicted molar refractivity (Wildman–Crippen MR) is 80.1 cm³/mol. The largest absolute Gasteiger partial charge is 0.434 e. The third-order valence-electron chi connectivity index (χ3n) is 3.10. The minimum Gasteiger partial charge on any atom is -0.307 e. The molecule has 6 nitrogen and oxygen atoms in total. The number of nitrogens with one attached hydrogen (secondary N) is 2. The van der Waals surface area contributed by atoms with Crippen LogP contribution in [0.3, 0.4) is 0 Å². The Morgan fingerprint density at radius 3 is 2.50 bits per heavy atom. The van der Waals surface area contributed by atoms with Crippen molar-refractivity contribution in [2.45, 2.75) is 6.18 Å². The molecule has 0 aliphatic carbocycles. The third kappa shape index (κ3) is 3.11. The second-order valence-corrected chi connectivity index (χ2v) is 5.15. The number of H-pyrrole nitrogens is 1. The Hall–Kier alpha value is -2.81. The molecular weight excluding hydrogens is 347 g/mol. The lowest BCUT2D eigenvalue weighted by Gasteiger charge is -2.12. The zero-order valence-corrected chi connectivity index (χ0v) is 12.6. The van der Waals surface area contributed by atoms with E-state index >= 15 is 0 Å². The highest BCUT2D eigenvalue weighted by Crippen LogP contribution is 2.34. The average molecular weight is 356 g/mol. The van der Waals surface area contributed by atoms with Gasteiger partial charge in [-0.15, -0.1) is 0 Å². The van der Waals surface area contributed by atoms with Crippen molar-refractivity contribution in [3.8, 4) is 5.69 Å². The van der Waals surface area contributed by atoms with Crippen LogP contribution in [-0.4, -0.2) is 25.9 Å². The quantitative estimate of drug-likeness (QED) is 0.754. The van der Waals surface area contributed by atoms with Crippen LogP contribution in [0.5, 0.6) is 0 Å². The van der Waals surface area contributed by atoms with E-state index < -0.39 is 23.3 Å². The summed E-state index contributed by atoms with van der Waals surface area (Å²) in [5, 5.41) is 12.4. The number of benzene rings is 1. The third-order valence-corrected chi connectivity index (χ3v) is 3.35. The molecule has 0 unspecified atom stereocenters. The minimum absolute atomic E-state index is 0.132. The summed E-state index contributed by atoms with van der Waals surface area (Å²) in [5.41, 5.74) is -1.65. The summed E-state index contributed by atoms with van der Waals surface area (Å²) in [4.78, 5) is 12.1. The number of aromatic nitrogens is 4. The Kier molecular flexibility index (Phi) is 4.02. The summed E-state index contributed by atoms with van der Waals surface area (Å²) >= 11 is 5.74. The maximum Gasteiger partial charge on any atom is 0.434 e. The van der Waals surface area contributed by atoms with Crippen molar-refractivity contribution in [3.05, 3.63) is 59.0 Å². The van der Waals surface area contributed by atoms with Gasteiger partial charge in [0.25, 0.3) is 5.91 Å². The van der Waals surface area contributed by atoms with E-state index in [-0.39, 0.29) is 11.5 Å². The van der Waals surface area contributed by atoms with E-state index in [1.54, 1.807) is 0 Å². The Balaban J connectivity index is 2.04. The Morgan fingerprint density at radius 2 is 1.92 bits per heavy atom. The molecule has 0 aliphatic heterocycles. The summed E-state index contributed by atoms with van der Waals surface area (Å²) < 4.78 is 41.0. The summed E-state index contributed by atoms with van der Waals surface area (Å²) in [7, 11) is 0. The van der Waals surface area contributed by atoms with Gasteiger partial charge in [-0.2, -0.15) is 23.4 Å².